The van der Waals surface area contributed by atoms with Crippen LogP contribution in [0.3, 0.4) is 0 Å². The van der Waals surface area contributed by atoms with Crippen molar-refractivity contribution in [2.45, 2.75) is 39.7 Å². The summed E-state index contributed by atoms with van der Waals surface area (Å²) in [5.74, 6) is -0.0192. The SMILES string of the molecule is Cc1cc(C(C)NC(=O)N2CCCC(CO)C2)cc(C)c1F. The Labute approximate surface area is 131 Å². The molecule has 0 spiro atoms. The molecule has 2 atom stereocenters. The molecule has 2 rings (SSSR count). The Morgan fingerprint density at radius 3 is 2.68 bits per heavy atom. The molecular weight excluding hydrogens is 283 g/mol. The highest BCUT2D eigenvalue weighted by atomic mass is 19.1. The first-order valence-electron chi connectivity index (χ1n) is 7.85. The van der Waals surface area contributed by atoms with Gasteiger partial charge in [-0.2, -0.15) is 0 Å². The van der Waals surface area contributed by atoms with Crippen molar-refractivity contribution in [1.82, 2.24) is 10.2 Å². The lowest BCUT2D eigenvalue weighted by Crippen LogP contribution is -2.46. The first-order valence-corrected chi connectivity index (χ1v) is 7.85. The fraction of sp³-hybridized carbons (Fsp3) is 0.588. The van der Waals surface area contributed by atoms with E-state index >= 15 is 0 Å². The third-order valence-corrected chi connectivity index (χ3v) is 4.36. The second-order valence-corrected chi connectivity index (χ2v) is 6.28. The Kier molecular flexibility index (Phi) is 5.40. The number of nitrogens with one attached hydrogen (secondary N) is 1. The summed E-state index contributed by atoms with van der Waals surface area (Å²) in [7, 11) is 0. The van der Waals surface area contributed by atoms with Gasteiger partial charge in [-0.05, 0) is 56.2 Å². The Balaban J connectivity index is 2.02. The summed E-state index contributed by atoms with van der Waals surface area (Å²) >= 11 is 0. The molecule has 122 valence electrons. The number of aliphatic hydroxyl groups excluding tert-OH is 1. The topological polar surface area (TPSA) is 52.6 Å². The molecule has 22 heavy (non-hydrogen) atoms. The van der Waals surface area contributed by atoms with Crippen LogP contribution in [0.5, 0.6) is 0 Å². The minimum Gasteiger partial charge on any atom is -0.396 e. The molecule has 1 saturated heterocycles. The van der Waals surface area contributed by atoms with Crippen molar-refractivity contribution < 1.29 is 14.3 Å². The highest BCUT2D eigenvalue weighted by Gasteiger charge is 2.24. The summed E-state index contributed by atoms with van der Waals surface area (Å²) in [5, 5.41) is 12.2. The maximum Gasteiger partial charge on any atom is 0.317 e. The monoisotopic (exact) mass is 308 g/mol. The quantitative estimate of drug-likeness (QED) is 0.902. The molecule has 2 amide bonds. The third-order valence-electron chi connectivity index (χ3n) is 4.36. The number of hydrogen-bond acceptors (Lipinski definition) is 2. The fourth-order valence-electron chi connectivity index (χ4n) is 2.99. The van der Waals surface area contributed by atoms with Gasteiger partial charge in [0.2, 0.25) is 0 Å². The molecule has 2 N–H and O–H groups in total. The molecule has 1 aromatic carbocycles. The largest absolute Gasteiger partial charge is 0.396 e. The lowest BCUT2D eigenvalue weighted by molar-refractivity contribution is 0.128. The number of carbonyl (C=O) groups is 1. The smallest absolute Gasteiger partial charge is 0.317 e. The van der Waals surface area contributed by atoms with Crippen LogP contribution in [0.15, 0.2) is 12.1 Å². The van der Waals surface area contributed by atoms with Crippen molar-refractivity contribution in [3.8, 4) is 0 Å². The molecule has 1 aliphatic heterocycles. The van der Waals surface area contributed by atoms with E-state index in [1.54, 1.807) is 30.9 Å². The van der Waals surface area contributed by atoms with Gasteiger partial charge in [-0.25, -0.2) is 9.18 Å². The summed E-state index contributed by atoms with van der Waals surface area (Å²) in [4.78, 5) is 14.1. The van der Waals surface area contributed by atoms with E-state index < -0.39 is 0 Å². The number of piperidine rings is 1. The van der Waals surface area contributed by atoms with Crippen molar-refractivity contribution in [1.29, 1.82) is 0 Å². The predicted octanol–water partition coefficient (Wildman–Crippen LogP) is 2.92. The normalized spacial score (nSPS) is 19.9. The first-order chi connectivity index (χ1) is 10.4. The Morgan fingerprint density at radius 2 is 2.09 bits per heavy atom. The van der Waals surface area contributed by atoms with Crippen LogP contribution in [0.25, 0.3) is 0 Å². The molecule has 2 unspecified atom stereocenters. The summed E-state index contributed by atoms with van der Waals surface area (Å²) in [6.45, 7) is 6.80. The highest BCUT2D eigenvalue weighted by Crippen LogP contribution is 2.21. The molecule has 1 aromatic rings. The van der Waals surface area contributed by atoms with Gasteiger partial charge >= 0.3 is 6.03 Å². The summed E-state index contributed by atoms with van der Waals surface area (Å²) < 4.78 is 13.7. The van der Waals surface area contributed by atoms with E-state index in [0.29, 0.717) is 17.7 Å². The van der Waals surface area contributed by atoms with Gasteiger partial charge in [0.15, 0.2) is 0 Å². The Bertz CT molecular complexity index is 524. The fourth-order valence-corrected chi connectivity index (χ4v) is 2.99. The first kappa shape index (κ1) is 16.7. The lowest BCUT2D eigenvalue weighted by atomic mass is 9.99. The molecule has 0 saturated carbocycles. The van der Waals surface area contributed by atoms with E-state index in [1.165, 1.54) is 0 Å². The van der Waals surface area contributed by atoms with Gasteiger partial charge in [-0.3, -0.25) is 0 Å². The zero-order valence-electron chi connectivity index (χ0n) is 13.5. The highest BCUT2D eigenvalue weighted by molar-refractivity contribution is 5.74. The Hall–Kier alpha value is -1.62. The average Bonchev–Trinajstić information content (AvgIpc) is 2.52. The van der Waals surface area contributed by atoms with Gasteiger partial charge in [-0.15, -0.1) is 0 Å². The van der Waals surface area contributed by atoms with Crippen LogP contribution in [0.2, 0.25) is 0 Å². The van der Waals surface area contributed by atoms with E-state index in [1.807, 2.05) is 6.92 Å². The van der Waals surface area contributed by atoms with Crippen LogP contribution < -0.4 is 5.32 Å². The Morgan fingerprint density at radius 1 is 1.45 bits per heavy atom. The standard InChI is InChI=1S/C17H25FN2O2/c1-11-7-15(8-12(2)16(11)18)13(3)19-17(22)20-6-4-5-14(9-20)10-21/h7-8,13-14,21H,4-6,9-10H2,1-3H3,(H,19,22). The van der Waals surface area contributed by atoms with Crippen LogP contribution in [-0.2, 0) is 0 Å². The molecule has 0 bridgehead atoms. The molecule has 1 fully saturated rings. The predicted molar refractivity (Wildman–Crippen MR) is 84.2 cm³/mol. The van der Waals surface area contributed by atoms with E-state index in [-0.39, 0.29) is 30.4 Å². The second-order valence-electron chi connectivity index (χ2n) is 6.28. The lowest BCUT2D eigenvalue weighted by Gasteiger charge is -2.32. The van der Waals surface area contributed by atoms with Gasteiger partial charge < -0.3 is 15.3 Å². The van der Waals surface area contributed by atoms with Crippen molar-refractivity contribution in [2.75, 3.05) is 19.7 Å². The minimum atomic E-state index is -0.191. The molecule has 4 nitrogen and oxygen atoms in total. The van der Waals surface area contributed by atoms with E-state index in [9.17, 15) is 14.3 Å². The van der Waals surface area contributed by atoms with Crippen molar-refractivity contribution in [2.24, 2.45) is 5.92 Å². The molecule has 0 radical (unpaired) electrons. The number of carbonyl (C=O) groups excluding carboxylic acids is 1. The number of aliphatic hydroxyl groups is 1. The number of benzene rings is 1. The number of urea groups is 1. The van der Waals surface area contributed by atoms with Gasteiger partial charge in [0, 0.05) is 19.7 Å². The number of rotatable bonds is 3. The van der Waals surface area contributed by atoms with Crippen molar-refractivity contribution in [3.63, 3.8) is 0 Å². The summed E-state index contributed by atoms with van der Waals surface area (Å²) in [6, 6.07) is 3.25. The maximum atomic E-state index is 13.7. The van der Waals surface area contributed by atoms with E-state index in [0.717, 1.165) is 24.9 Å². The van der Waals surface area contributed by atoms with Gasteiger partial charge in [0.1, 0.15) is 5.82 Å². The summed E-state index contributed by atoms with van der Waals surface area (Å²) in [5.41, 5.74) is 2.09. The van der Waals surface area contributed by atoms with Crippen LogP contribution in [-0.4, -0.2) is 35.7 Å². The summed E-state index contributed by atoms with van der Waals surface area (Å²) in [6.07, 6.45) is 1.88. The average molecular weight is 308 g/mol. The van der Waals surface area contributed by atoms with Gasteiger partial charge in [0.25, 0.3) is 0 Å². The van der Waals surface area contributed by atoms with Crippen LogP contribution in [0.1, 0.15) is 42.5 Å². The van der Waals surface area contributed by atoms with E-state index in [2.05, 4.69) is 5.32 Å². The van der Waals surface area contributed by atoms with Gasteiger partial charge in [-0.1, -0.05) is 12.1 Å². The molecule has 0 aliphatic carbocycles. The molecule has 1 heterocycles. The molecule has 0 aromatic heterocycles. The molecule has 1 aliphatic rings. The third kappa shape index (κ3) is 3.77. The van der Waals surface area contributed by atoms with E-state index in [4.69, 9.17) is 0 Å². The maximum absolute atomic E-state index is 13.7. The number of aryl methyl sites for hydroxylation is 2. The van der Waals surface area contributed by atoms with Crippen LogP contribution in [0, 0.1) is 25.6 Å². The van der Waals surface area contributed by atoms with Crippen LogP contribution >= 0.6 is 0 Å². The number of amides is 2. The number of hydrogen-bond donors (Lipinski definition) is 2. The minimum absolute atomic E-state index is 0.120. The van der Waals surface area contributed by atoms with Crippen molar-refractivity contribution >= 4 is 6.03 Å². The van der Waals surface area contributed by atoms with Gasteiger partial charge in [0.05, 0.1) is 6.04 Å². The number of likely N-dealkylation sites (tertiary alicyclic amines) is 1. The molecular formula is C17H25FN2O2. The molecule has 5 heteroatoms. The van der Waals surface area contributed by atoms with Crippen LogP contribution in [0.4, 0.5) is 9.18 Å². The number of halogens is 1. The zero-order valence-corrected chi connectivity index (χ0v) is 13.5. The van der Waals surface area contributed by atoms with Crippen molar-refractivity contribution in [3.05, 3.63) is 34.6 Å². The zero-order chi connectivity index (χ0) is 16.3. The number of nitrogens with zero attached hydrogens (tertiary/aromatic N) is 1. The second kappa shape index (κ2) is 7.09.